The smallest absolute Gasteiger partial charge is 0.273 e. The molecular formula is C11H14Cl2N2O. The van der Waals surface area contributed by atoms with E-state index in [9.17, 15) is 4.79 Å². The number of pyridine rings is 1. The molecule has 88 valence electrons. The van der Waals surface area contributed by atoms with Crippen LogP contribution in [0.3, 0.4) is 0 Å². The van der Waals surface area contributed by atoms with E-state index in [4.69, 9.17) is 23.2 Å². The highest BCUT2D eigenvalue weighted by Crippen LogP contribution is 2.18. The van der Waals surface area contributed by atoms with Gasteiger partial charge in [-0.3, -0.25) is 4.79 Å². The highest BCUT2D eigenvalue weighted by atomic mass is 35.5. The van der Waals surface area contributed by atoms with Crippen LogP contribution < -0.4 is 0 Å². The number of aromatic nitrogens is 1. The van der Waals surface area contributed by atoms with Crippen molar-refractivity contribution in [2.24, 2.45) is 5.92 Å². The molecule has 0 radical (unpaired) electrons. The zero-order chi connectivity index (χ0) is 12.3. The zero-order valence-electron chi connectivity index (χ0n) is 9.50. The van der Waals surface area contributed by atoms with Crippen LogP contribution in [0.1, 0.15) is 24.3 Å². The molecule has 0 saturated carbocycles. The second-order valence-electron chi connectivity index (χ2n) is 4.04. The van der Waals surface area contributed by atoms with Crippen LogP contribution in [-0.2, 0) is 0 Å². The maximum absolute atomic E-state index is 12.0. The van der Waals surface area contributed by atoms with Crippen molar-refractivity contribution in [2.75, 3.05) is 13.6 Å². The molecule has 1 aromatic heterocycles. The molecule has 3 nitrogen and oxygen atoms in total. The molecule has 0 aliphatic rings. The summed E-state index contributed by atoms with van der Waals surface area (Å²) < 4.78 is 0. The van der Waals surface area contributed by atoms with E-state index in [0.717, 1.165) is 0 Å². The second kappa shape index (κ2) is 5.51. The summed E-state index contributed by atoms with van der Waals surface area (Å²) in [6.45, 7) is 4.73. The summed E-state index contributed by atoms with van der Waals surface area (Å²) in [5.74, 6) is 0.188. The fourth-order valence-corrected chi connectivity index (χ4v) is 1.71. The Morgan fingerprint density at radius 2 is 2.06 bits per heavy atom. The molecule has 0 aliphatic heterocycles. The molecule has 0 aliphatic carbocycles. The summed E-state index contributed by atoms with van der Waals surface area (Å²) in [6, 6.07) is 3.14. The molecular weight excluding hydrogens is 247 g/mol. The fraction of sp³-hybridized carbons (Fsp3) is 0.455. The van der Waals surface area contributed by atoms with Crippen LogP contribution >= 0.6 is 23.2 Å². The molecule has 0 saturated heterocycles. The predicted molar refractivity (Wildman–Crippen MR) is 66.1 cm³/mol. The van der Waals surface area contributed by atoms with Crippen molar-refractivity contribution in [3.63, 3.8) is 0 Å². The number of carbonyl (C=O) groups is 1. The van der Waals surface area contributed by atoms with Crippen LogP contribution in [0.5, 0.6) is 0 Å². The number of nitrogens with zero attached hydrogens (tertiary/aromatic N) is 2. The van der Waals surface area contributed by atoms with E-state index >= 15 is 0 Å². The molecule has 1 aromatic rings. The minimum absolute atomic E-state index is 0.206. The summed E-state index contributed by atoms with van der Waals surface area (Å²) in [5, 5.41) is 0.593. The van der Waals surface area contributed by atoms with Gasteiger partial charge in [-0.25, -0.2) is 4.98 Å². The SMILES string of the molecule is CC(C)CN(C)C(=O)c1nc(Cl)ccc1Cl. The van der Waals surface area contributed by atoms with E-state index in [-0.39, 0.29) is 16.8 Å². The van der Waals surface area contributed by atoms with E-state index in [1.807, 2.05) is 13.8 Å². The Balaban J connectivity index is 2.91. The quantitative estimate of drug-likeness (QED) is 0.783. The van der Waals surface area contributed by atoms with Crippen molar-refractivity contribution in [2.45, 2.75) is 13.8 Å². The summed E-state index contributed by atoms with van der Waals surface area (Å²) in [7, 11) is 1.72. The van der Waals surface area contributed by atoms with Gasteiger partial charge < -0.3 is 4.90 Å². The molecule has 0 unspecified atom stereocenters. The van der Waals surface area contributed by atoms with Gasteiger partial charge in [0.15, 0.2) is 0 Å². The van der Waals surface area contributed by atoms with Gasteiger partial charge in [-0.05, 0) is 18.1 Å². The number of hydrogen-bond acceptors (Lipinski definition) is 2. The third-order valence-corrected chi connectivity index (χ3v) is 2.52. The normalized spacial score (nSPS) is 10.6. The number of hydrogen-bond donors (Lipinski definition) is 0. The van der Waals surface area contributed by atoms with E-state index in [2.05, 4.69) is 4.98 Å². The molecule has 16 heavy (non-hydrogen) atoms. The molecule has 1 heterocycles. The maximum atomic E-state index is 12.0. The zero-order valence-corrected chi connectivity index (χ0v) is 11.0. The lowest BCUT2D eigenvalue weighted by atomic mass is 10.2. The first kappa shape index (κ1) is 13.3. The number of halogens is 2. The maximum Gasteiger partial charge on any atom is 0.273 e. The van der Waals surface area contributed by atoms with Crippen molar-refractivity contribution in [1.29, 1.82) is 0 Å². The monoisotopic (exact) mass is 260 g/mol. The molecule has 5 heteroatoms. The van der Waals surface area contributed by atoms with Crippen molar-refractivity contribution in [1.82, 2.24) is 9.88 Å². The van der Waals surface area contributed by atoms with Gasteiger partial charge in [-0.1, -0.05) is 37.0 Å². The topological polar surface area (TPSA) is 33.2 Å². The van der Waals surface area contributed by atoms with Crippen LogP contribution in [0.25, 0.3) is 0 Å². The fourth-order valence-electron chi connectivity index (χ4n) is 1.38. The Labute approximate surface area is 105 Å². The summed E-state index contributed by atoms with van der Waals surface area (Å²) >= 11 is 11.6. The van der Waals surface area contributed by atoms with Crippen LogP contribution in [0, 0.1) is 5.92 Å². The summed E-state index contributed by atoms with van der Waals surface area (Å²) in [5.41, 5.74) is 0.206. The molecule has 0 atom stereocenters. The van der Waals surface area contributed by atoms with Gasteiger partial charge in [0.25, 0.3) is 5.91 Å². The standard InChI is InChI=1S/C11H14Cl2N2O/c1-7(2)6-15(3)11(16)10-8(12)4-5-9(13)14-10/h4-5,7H,6H2,1-3H3. The Morgan fingerprint density at radius 3 is 2.62 bits per heavy atom. The van der Waals surface area contributed by atoms with Gasteiger partial charge in [0, 0.05) is 13.6 Å². The van der Waals surface area contributed by atoms with E-state index in [1.165, 1.54) is 0 Å². The van der Waals surface area contributed by atoms with Gasteiger partial charge in [-0.2, -0.15) is 0 Å². The Hall–Kier alpha value is -0.800. The largest absolute Gasteiger partial charge is 0.340 e. The van der Waals surface area contributed by atoms with Crippen LogP contribution in [-0.4, -0.2) is 29.4 Å². The molecule has 1 rings (SSSR count). The Morgan fingerprint density at radius 1 is 1.44 bits per heavy atom. The lowest BCUT2D eigenvalue weighted by Crippen LogP contribution is -2.31. The third-order valence-electron chi connectivity index (χ3n) is 2.00. The first-order valence-corrected chi connectivity index (χ1v) is 5.75. The molecule has 0 spiro atoms. The Kier molecular flexibility index (Phi) is 4.56. The lowest BCUT2D eigenvalue weighted by Gasteiger charge is -2.19. The van der Waals surface area contributed by atoms with Gasteiger partial charge in [0.2, 0.25) is 0 Å². The van der Waals surface area contributed by atoms with Crippen molar-refractivity contribution >= 4 is 29.1 Å². The van der Waals surface area contributed by atoms with Crippen LogP contribution in [0.2, 0.25) is 10.2 Å². The van der Waals surface area contributed by atoms with Crippen molar-refractivity contribution in [3.05, 3.63) is 28.0 Å². The van der Waals surface area contributed by atoms with Gasteiger partial charge in [-0.15, -0.1) is 0 Å². The van der Waals surface area contributed by atoms with Crippen molar-refractivity contribution in [3.8, 4) is 0 Å². The average Bonchev–Trinajstić information content (AvgIpc) is 2.19. The van der Waals surface area contributed by atoms with Gasteiger partial charge >= 0.3 is 0 Å². The molecule has 1 amide bonds. The molecule has 0 N–H and O–H groups in total. The predicted octanol–water partition coefficient (Wildman–Crippen LogP) is 3.12. The van der Waals surface area contributed by atoms with E-state index < -0.39 is 0 Å². The summed E-state index contributed by atoms with van der Waals surface area (Å²) in [4.78, 5) is 17.5. The average molecular weight is 261 g/mol. The summed E-state index contributed by atoms with van der Waals surface area (Å²) in [6.07, 6.45) is 0. The number of amides is 1. The first-order chi connectivity index (χ1) is 7.41. The molecule has 0 bridgehead atoms. The van der Waals surface area contributed by atoms with E-state index in [0.29, 0.717) is 17.5 Å². The molecule has 0 aromatic carbocycles. The van der Waals surface area contributed by atoms with Crippen LogP contribution in [0.4, 0.5) is 0 Å². The lowest BCUT2D eigenvalue weighted by molar-refractivity contribution is 0.0773. The van der Waals surface area contributed by atoms with Crippen LogP contribution in [0.15, 0.2) is 12.1 Å². The first-order valence-electron chi connectivity index (χ1n) is 4.99. The number of rotatable bonds is 3. The molecule has 0 fully saturated rings. The second-order valence-corrected chi connectivity index (χ2v) is 4.84. The highest BCUT2D eigenvalue weighted by Gasteiger charge is 2.17. The number of carbonyl (C=O) groups excluding carboxylic acids is 1. The highest BCUT2D eigenvalue weighted by molar-refractivity contribution is 6.34. The minimum atomic E-state index is -0.207. The van der Waals surface area contributed by atoms with E-state index in [1.54, 1.807) is 24.1 Å². The van der Waals surface area contributed by atoms with Gasteiger partial charge in [0.1, 0.15) is 10.8 Å². The third kappa shape index (κ3) is 3.35. The van der Waals surface area contributed by atoms with Crippen molar-refractivity contribution < 1.29 is 4.79 Å². The minimum Gasteiger partial charge on any atom is -0.340 e. The Bertz CT molecular complexity index is 394. The van der Waals surface area contributed by atoms with Gasteiger partial charge in [0.05, 0.1) is 5.02 Å².